The van der Waals surface area contributed by atoms with E-state index in [9.17, 15) is 0 Å². The first-order valence-corrected chi connectivity index (χ1v) is 7.35. The number of nitrogens with zero attached hydrogens (tertiary/aromatic N) is 2. The molecule has 1 saturated carbocycles. The lowest BCUT2D eigenvalue weighted by Crippen LogP contribution is -2.24. The number of aromatic nitrogens is 2. The van der Waals surface area contributed by atoms with Crippen molar-refractivity contribution >= 4 is 0 Å². The largest absolute Gasteiger partial charge is 0.488 e. The Balaban J connectivity index is 1.41. The topological polar surface area (TPSA) is 39.1 Å². The molecule has 2 aromatic rings. The van der Waals surface area contributed by atoms with Gasteiger partial charge in [-0.1, -0.05) is 18.2 Å². The van der Waals surface area contributed by atoms with Gasteiger partial charge in [-0.05, 0) is 24.5 Å². The van der Waals surface area contributed by atoms with E-state index < -0.39 is 0 Å². The van der Waals surface area contributed by atoms with Crippen LogP contribution >= 0.6 is 0 Å². The smallest absolute Gasteiger partial charge is 0.123 e. The molecule has 1 atom stereocenters. The van der Waals surface area contributed by atoms with Crippen LogP contribution in [0.25, 0.3) is 0 Å². The number of imidazole rings is 1. The Morgan fingerprint density at radius 3 is 3.05 bits per heavy atom. The minimum Gasteiger partial charge on any atom is -0.488 e. The van der Waals surface area contributed by atoms with Crippen molar-refractivity contribution in [2.75, 3.05) is 0 Å². The Morgan fingerprint density at radius 1 is 1.30 bits per heavy atom. The lowest BCUT2D eigenvalue weighted by Gasteiger charge is -2.14. The van der Waals surface area contributed by atoms with Gasteiger partial charge in [0, 0.05) is 25.2 Å². The molecule has 0 saturated heterocycles. The van der Waals surface area contributed by atoms with Gasteiger partial charge in [-0.25, -0.2) is 4.98 Å². The van der Waals surface area contributed by atoms with Gasteiger partial charge in [-0.3, -0.25) is 0 Å². The number of rotatable bonds is 5. The number of ether oxygens (including phenoxy) is 1. The molecule has 1 N–H and O–H groups in total. The van der Waals surface area contributed by atoms with Crippen LogP contribution in [0, 0.1) is 0 Å². The number of para-hydroxylation sites is 1. The maximum atomic E-state index is 6.00. The third-order valence-electron chi connectivity index (χ3n) is 4.06. The van der Waals surface area contributed by atoms with Gasteiger partial charge in [0.15, 0.2) is 0 Å². The monoisotopic (exact) mass is 269 g/mol. The summed E-state index contributed by atoms with van der Waals surface area (Å²) in [4.78, 5) is 4.28. The van der Waals surface area contributed by atoms with E-state index >= 15 is 0 Å². The van der Waals surface area contributed by atoms with Crippen molar-refractivity contribution in [2.24, 2.45) is 0 Å². The molecule has 1 unspecified atom stereocenters. The van der Waals surface area contributed by atoms with Crippen LogP contribution in [0.15, 0.2) is 36.8 Å². The molecule has 1 fully saturated rings. The van der Waals surface area contributed by atoms with Gasteiger partial charge in [0.1, 0.15) is 11.9 Å². The second-order valence-corrected chi connectivity index (χ2v) is 5.74. The molecular formula is C16H19N3O. The SMILES string of the molecule is c1ccc2c(c1)CC(Cn1cncc1CNC1CC1)O2. The highest BCUT2D eigenvalue weighted by Crippen LogP contribution is 2.29. The Kier molecular flexibility index (Phi) is 2.96. The van der Waals surface area contributed by atoms with Gasteiger partial charge >= 0.3 is 0 Å². The molecule has 0 bridgehead atoms. The number of hydrogen-bond acceptors (Lipinski definition) is 3. The number of benzene rings is 1. The molecule has 1 aromatic heterocycles. The van der Waals surface area contributed by atoms with Gasteiger partial charge in [0.25, 0.3) is 0 Å². The summed E-state index contributed by atoms with van der Waals surface area (Å²) in [6.07, 6.45) is 7.71. The van der Waals surface area contributed by atoms with Gasteiger partial charge < -0.3 is 14.6 Å². The second-order valence-electron chi connectivity index (χ2n) is 5.74. The normalized spacial score (nSPS) is 20.7. The first kappa shape index (κ1) is 12.0. The standard InChI is InChI=1S/C16H19N3O/c1-2-4-16-12(3-1)7-15(20-16)10-19-11-17-8-14(19)9-18-13-5-6-13/h1-4,8,11,13,15,18H,5-7,9-10H2. The fourth-order valence-corrected chi connectivity index (χ4v) is 2.77. The van der Waals surface area contributed by atoms with Crippen molar-refractivity contribution in [1.82, 2.24) is 14.9 Å². The number of nitrogens with one attached hydrogen (secondary N) is 1. The first-order valence-electron chi connectivity index (χ1n) is 7.35. The summed E-state index contributed by atoms with van der Waals surface area (Å²) in [6.45, 7) is 1.78. The molecule has 4 rings (SSSR count). The van der Waals surface area contributed by atoms with Crippen molar-refractivity contribution in [3.63, 3.8) is 0 Å². The predicted molar refractivity (Wildman–Crippen MR) is 76.7 cm³/mol. The van der Waals surface area contributed by atoms with Crippen molar-refractivity contribution in [2.45, 2.75) is 44.5 Å². The van der Waals surface area contributed by atoms with Crippen molar-refractivity contribution < 1.29 is 4.74 Å². The summed E-state index contributed by atoms with van der Waals surface area (Å²) in [5, 5.41) is 3.54. The third-order valence-corrected chi connectivity index (χ3v) is 4.06. The van der Waals surface area contributed by atoms with Crippen LogP contribution in [0.1, 0.15) is 24.1 Å². The number of hydrogen-bond donors (Lipinski definition) is 1. The van der Waals surface area contributed by atoms with Crippen molar-refractivity contribution in [3.05, 3.63) is 48.0 Å². The maximum Gasteiger partial charge on any atom is 0.123 e. The molecule has 2 aliphatic rings. The molecule has 1 aliphatic heterocycles. The summed E-state index contributed by atoms with van der Waals surface area (Å²) in [6, 6.07) is 9.04. The summed E-state index contributed by atoms with van der Waals surface area (Å²) in [5.41, 5.74) is 2.56. The molecular weight excluding hydrogens is 250 g/mol. The lowest BCUT2D eigenvalue weighted by molar-refractivity contribution is 0.207. The average molecular weight is 269 g/mol. The van der Waals surface area contributed by atoms with E-state index in [0.29, 0.717) is 0 Å². The average Bonchev–Trinajstić information content (AvgIpc) is 3.04. The van der Waals surface area contributed by atoms with E-state index in [1.54, 1.807) is 0 Å². The molecule has 4 heteroatoms. The van der Waals surface area contributed by atoms with Crippen LogP contribution in [0.4, 0.5) is 0 Å². The number of fused-ring (bicyclic) bond motifs is 1. The fourth-order valence-electron chi connectivity index (χ4n) is 2.77. The summed E-state index contributed by atoms with van der Waals surface area (Å²) >= 11 is 0. The molecule has 104 valence electrons. The summed E-state index contributed by atoms with van der Waals surface area (Å²) < 4.78 is 8.22. The molecule has 2 heterocycles. The summed E-state index contributed by atoms with van der Waals surface area (Å²) in [5.74, 6) is 1.04. The molecule has 4 nitrogen and oxygen atoms in total. The zero-order chi connectivity index (χ0) is 13.4. The molecule has 0 amide bonds. The Hall–Kier alpha value is -1.81. The highest BCUT2D eigenvalue weighted by Gasteiger charge is 2.24. The van der Waals surface area contributed by atoms with Gasteiger partial charge in [0.05, 0.1) is 18.6 Å². The minimum absolute atomic E-state index is 0.223. The zero-order valence-electron chi connectivity index (χ0n) is 11.5. The molecule has 1 aromatic carbocycles. The van der Waals surface area contributed by atoms with Crippen LogP contribution in [0.5, 0.6) is 5.75 Å². The van der Waals surface area contributed by atoms with E-state index in [2.05, 4.69) is 33.1 Å². The predicted octanol–water partition coefficient (Wildman–Crippen LogP) is 2.14. The minimum atomic E-state index is 0.223. The highest BCUT2D eigenvalue weighted by atomic mass is 16.5. The maximum absolute atomic E-state index is 6.00. The second kappa shape index (κ2) is 4.94. The van der Waals surface area contributed by atoms with E-state index in [0.717, 1.165) is 31.3 Å². The molecule has 0 radical (unpaired) electrons. The Morgan fingerprint density at radius 2 is 2.20 bits per heavy atom. The van der Waals surface area contributed by atoms with Crippen LogP contribution in [0.2, 0.25) is 0 Å². The van der Waals surface area contributed by atoms with Gasteiger partial charge in [-0.15, -0.1) is 0 Å². The van der Waals surface area contributed by atoms with Crippen LogP contribution in [0.3, 0.4) is 0 Å². The fraction of sp³-hybridized carbons (Fsp3) is 0.438. The van der Waals surface area contributed by atoms with Gasteiger partial charge in [-0.2, -0.15) is 0 Å². The molecule has 0 spiro atoms. The van der Waals surface area contributed by atoms with Crippen LogP contribution in [-0.4, -0.2) is 21.7 Å². The first-order chi connectivity index (χ1) is 9.88. The van der Waals surface area contributed by atoms with E-state index in [4.69, 9.17) is 4.74 Å². The quantitative estimate of drug-likeness (QED) is 0.904. The third kappa shape index (κ3) is 2.43. The van der Waals surface area contributed by atoms with Crippen molar-refractivity contribution in [3.8, 4) is 5.75 Å². The lowest BCUT2D eigenvalue weighted by atomic mass is 10.1. The van der Waals surface area contributed by atoms with E-state index in [1.165, 1.54) is 24.1 Å². The van der Waals surface area contributed by atoms with E-state index in [-0.39, 0.29) is 6.10 Å². The van der Waals surface area contributed by atoms with E-state index in [1.807, 2.05) is 18.6 Å². The highest BCUT2D eigenvalue weighted by molar-refractivity contribution is 5.37. The van der Waals surface area contributed by atoms with Crippen molar-refractivity contribution in [1.29, 1.82) is 0 Å². The molecule has 1 aliphatic carbocycles. The van der Waals surface area contributed by atoms with Crippen LogP contribution < -0.4 is 10.1 Å². The molecule has 20 heavy (non-hydrogen) atoms. The summed E-state index contributed by atoms with van der Waals surface area (Å²) in [7, 11) is 0. The Bertz CT molecular complexity index is 578. The zero-order valence-corrected chi connectivity index (χ0v) is 11.5. The Labute approximate surface area is 118 Å². The van der Waals surface area contributed by atoms with Gasteiger partial charge in [0.2, 0.25) is 0 Å². The van der Waals surface area contributed by atoms with Crippen LogP contribution in [-0.2, 0) is 19.5 Å².